The highest BCUT2D eigenvalue weighted by molar-refractivity contribution is 9.08. The molecule has 1 aliphatic rings. The van der Waals surface area contributed by atoms with Gasteiger partial charge < -0.3 is 0 Å². The maximum absolute atomic E-state index is 6.19. The van der Waals surface area contributed by atoms with Gasteiger partial charge in [-0.05, 0) is 36.6 Å². The molecule has 1 saturated carbocycles. The number of alkyl halides is 1. The van der Waals surface area contributed by atoms with Crippen LogP contribution in [-0.2, 0) is 5.33 Å². The lowest BCUT2D eigenvalue weighted by molar-refractivity contribution is 0.837. The van der Waals surface area contributed by atoms with E-state index in [-0.39, 0.29) is 0 Å². The van der Waals surface area contributed by atoms with Gasteiger partial charge in [-0.15, -0.1) is 0 Å². The number of hydrogen-bond donors (Lipinski definition) is 0. The number of nitrogens with zero attached hydrogens (tertiary/aromatic N) is 2. The first kappa shape index (κ1) is 11.3. The van der Waals surface area contributed by atoms with Gasteiger partial charge in [-0.1, -0.05) is 33.6 Å². The summed E-state index contributed by atoms with van der Waals surface area (Å²) >= 11 is 9.60. The number of rotatable bonds is 3. The molecule has 88 valence electrons. The summed E-state index contributed by atoms with van der Waals surface area (Å²) in [5, 5.41) is 6.14. The Balaban J connectivity index is 1.93. The van der Waals surface area contributed by atoms with Gasteiger partial charge in [-0.25, -0.2) is 4.68 Å². The zero-order valence-corrected chi connectivity index (χ0v) is 11.6. The van der Waals surface area contributed by atoms with Crippen molar-refractivity contribution in [3.8, 4) is 5.69 Å². The van der Waals surface area contributed by atoms with Crippen LogP contribution in [-0.4, -0.2) is 9.78 Å². The second-order valence-corrected chi connectivity index (χ2v) is 5.34. The van der Waals surface area contributed by atoms with Crippen molar-refractivity contribution in [3.63, 3.8) is 0 Å². The van der Waals surface area contributed by atoms with Gasteiger partial charge in [0.05, 0.1) is 11.4 Å². The molecule has 0 spiro atoms. The molecule has 4 heteroatoms. The lowest BCUT2D eigenvalue weighted by atomic mass is 10.2. The van der Waals surface area contributed by atoms with Crippen molar-refractivity contribution >= 4 is 27.5 Å². The molecule has 1 aromatic heterocycles. The summed E-state index contributed by atoms with van der Waals surface area (Å²) in [6.45, 7) is 0. The summed E-state index contributed by atoms with van der Waals surface area (Å²) in [6, 6.07) is 8.14. The van der Waals surface area contributed by atoms with Gasteiger partial charge in [0.1, 0.15) is 0 Å². The minimum atomic E-state index is 0.688. The van der Waals surface area contributed by atoms with Crippen molar-refractivity contribution in [2.45, 2.75) is 24.1 Å². The van der Waals surface area contributed by atoms with Gasteiger partial charge in [-0.3, -0.25) is 0 Å². The van der Waals surface area contributed by atoms with Crippen LogP contribution in [0.5, 0.6) is 0 Å². The SMILES string of the molecule is Clc1cc(-n2ccc(C3CC3)n2)ccc1CBr. The molecular weight excluding hydrogens is 300 g/mol. The third-order valence-corrected chi connectivity index (χ3v) is 4.01. The van der Waals surface area contributed by atoms with Crippen molar-refractivity contribution in [1.29, 1.82) is 0 Å². The van der Waals surface area contributed by atoms with Crippen molar-refractivity contribution < 1.29 is 0 Å². The van der Waals surface area contributed by atoms with Gasteiger partial charge in [0.2, 0.25) is 0 Å². The van der Waals surface area contributed by atoms with Gasteiger partial charge in [-0.2, -0.15) is 5.10 Å². The van der Waals surface area contributed by atoms with Crippen LogP contribution < -0.4 is 0 Å². The van der Waals surface area contributed by atoms with Crippen LogP contribution >= 0.6 is 27.5 Å². The Bertz CT molecular complexity index is 546. The fraction of sp³-hybridized carbons (Fsp3) is 0.308. The highest BCUT2D eigenvalue weighted by Crippen LogP contribution is 2.39. The second kappa shape index (κ2) is 4.46. The Morgan fingerprint density at radius 2 is 2.18 bits per heavy atom. The fourth-order valence-corrected chi connectivity index (χ4v) is 2.76. The predicted molar refractivity (Wildman–Crippen MR) is 73.2 cm³/mol. The molecule has 17 heavy (non-hydrogen) atoms. The molecule has 0 saturated heterocycles. The Labute approximate surface area is 114 Å². The Morgan fingerprint density at radius 1 is 1.35 bits per heavy atom. The summed E-state index contributed by atoms with van der Waals surface area (Å²) in [5.74, 6) is 0.688. The summed E-state index contributed by atoms with van der Waals surface area (Å²) in [7, 11) is 0. The third kappa shape index (κ3) is 2.26. The average Bonchev–Trinajstić information content (AvgIpc) is 3.07. The molecule has 2 nitrogen and oxygen atoms in total. The van der Waals surface area contributed by atoms with Crippen LogP contribution in [0.25, 0.3) is 5.69 Å². The normalized spacial score (nSPS) is 15.2. The zero-order valence-electron chi connectivity index (χ0n) is 9.24. The molecule has 0 N–H and O–H groups in total. The minimum absolute atomic E-state index is 0.688. The van der Waals surface area contributed by atoms with Gasteiger partial charge >= 0.3 is 0 Å². The second-order valence-electron chi connectivity index (χ2n) is 4.37. The van der Waals surface area contributed by atoms with Crippen LogP contribution in [0.1, 0.15) is 30.0 Å². The molecule has 1 heterocycles. The first-order chi connectivity index (χ1) is 8.28. The van der Waals surface area contributed by atoms with E-state index in [9.17, 15) is 0 Å². The van der Waals surface area contributed by atoms with Crippen LogP contribution in [0.4, 0.5) is 0 Å². The zero-order chi connectivity index (χ0) is 11.8. The molecule has 2 aromatic rings. The van der Waals surface area contributed by atoms with Crippen molar-refractivity contribution in [3.05, 3.63) is 46.7 Å². The van der Waals surface area contributed by atoms with Crippen molar-refractivity contribution in [2.75, 3.05) is 0 Å². The molecular formula is C13H12BrClN2. The quantitative estimate of drug-likeness (QED) is 0.773. The van der Waals surface area contributed by atoms with Crippen LogP contribution in [0, 0.1) is 0 Å². The van der Waals surface area contributed by atoms with E-state index in [0.717, 1.165) is 21.6 Å². The van der Waals surface area contributed by atoms with Crippen LogP contribution in [0.2, 0.25) is 5.02 Å². The van der Waals surface area contributed by atoms with E-state index in [1.54, 1.807) is 0 Å². The number of hydrogen-bond acceptors (Lipinski definition) is 1. The smallest absolute Gasteiger partial charge is 0.0660 e. The average molecular weight is 312 g/mol. The summed E-state index contributed by atoms with van der Waals surface area (Å²) in [6.07, 6.45) is 4.56. The highest BCUT2D eigenvalue weighted by atomic mass is 79.9. The van der Waals surface area contributed by atoms with E-state index in [1.165, 1.54) is 18.5 Å². The molecule has 0 unspecified atom stereocenters. The van der Waals surface area contributed by atoms with Crippen LogP contribution in [0.3, 0.4) is 0 Å². The molecule has 1 aromatic carbocycles. The molecule has 0 radical (unpaired) electrons. The molecule has 1 fully saturated rings. The van der Waals surface area contributed by atoms with E-state index in [1.807, 2.05) is 29.1 Å². The monoisotopic (exact) mass is 310 g/mol. The van der Waals surface area contributed by atoms with E-state index in [0.29, 0.717) is 5.92 Å². The van der Waals surface area contributed by atoms with E-state index < -0.39 is 0 Å². The van der Waals surface area contributed by atoms with Crippen LogP contribution in [0.15, 0.2) is 30.5 Å². The highest BCUT2D eigenvalue weighted by Gasteiger charge is 2.25. The summed E-state index contributed by atoms with van der Waals surface area (Å²) in [4.78, 5) is 0. The number of aromatic nitrogens is 2. The molecule has 0 aliphatic heterocycles. The topological polar surface area (TPSA) is 17.8 Å². The van der Waals surface area contributed by atoms with Gasteiger partial charge in [0.15, 0.2) is 0 Å². The van der Waals surface area contributed by atoms with Crippen molar-refractivity contribution in [1.82, 2.24) is 9.78 Å². The number of halogens is 2. The molecule has 0 amide bonds. The minimum Gasteiger partial charge on any atom is -0.241 e. The molecule has 3 rings (SSSR count). The predicted octanol–water partition coefficient (Wildman–Crippen LogP) is 4.30. The lowest BCUT2D eigenvalue weighted by Gasteiger charge is -2.05. The first-order valence-electron chi connectivity index (χ1n) is 5.68. The third-order valence-electron chi connectivity index (χ3n) is 3.05. The van der Waals surface area contributed by atoms with E-state index >= 15 is 0 Å². The van der Waals surface area contributed by atoms with E-state index in [4.69, 9.17) is 11.6 Å². The number of benzene rings is 1. The van der Waals surface area contributed by atoms with Crippen molar-refractivity contribution in [2.24, 2.45) is 0 Å². The van der Waals surface area contributed by atoms with Gasteiger partial charge in [0.25, 0.3) is 0 Å². The molecule has 0 atom stereocenters. The Hall–Kier alpha value is -0.800. The summed E-state index contributed by atoms with van der Waals surface area (Å²) < 4.78 is 1.90. The Kier molecular flexibility index (Phi) is 2.97. The molecule has 0 bridgehead atoms. The molecule has 1 aliphatic carbocycles. The van der Waals surface area contributed by atoms with E-state index in [2.05, 4.69) is 27.1 Å². The Morgan fingerprint density at radius 3 is 2.82 bits per heavy atom. The lowest BCUT2D eigenvalue weighted by Crippen LogP contribution is -1.96. The maximum atomic E-state index is 6.19. The maximum Gasteiger partial charge on any atom is 0.0660 e. The standard InChI is InChI=1S/C13H12BrClN2/c14-8-10-3-4-11(7-12(10)15)17-6-5-13(16-17)9-1-2-9/h3-7,9H,1-2,8H2. The fourth-order valence-electron chi connectivity index (χ4n) is 1.87. The summed E-state index contributed by atoms with van der Waals surface area (Å²) in [5.41, 5.74) is 3.32. The first-order valence-corrected chi connectivity index (χ1v) is 7.18. The van der Waals surface area contributed by atoms with Gasteiger partial charge in [0, 0.05) is 22.5 Å². The largest absolute Gasteiger partial charge is 0.241 e.